The van der Waals surface area contributed by atoms with Crippen LogP contribution in [0.4, 0.5) is 5.95 Å². The van der Waals surface area contributed by atoms with E-state index in [0.29, 0.717) is 22.7 Å². The first-order chi connectivity index (χ1) is 15.2. The summed E-state index contributed by atoms with van der Waals surface area (Å²) in [5.74, 6) is -0.218. The number of thiol groups is 1. The van der Waals surface area contributed by atoms with E-state index in [2.05, 4.69) is 38.2 Å². The van der Waals surface area contributed by atoms with Gasteiger partial charge < -0.3 is 41.5 Å². The molecule has 1 amide bonds. The molecule has 6 atom stereocenters. The van der Waals surface area contributed by atoms with Gasteiger partial charge in [0.15, 0.2) is 11.9 Å². The number of nitrogens with zero attached hydrogens (tertiary/aromatic N) is 4. The third kappa shape index (κ3) is 5.17. The minimum absolute atomic E-state index is 0.233. The van der Waals surface area contributed by atoms with E-state index in [-0.39, 0.29) is 12.5 Å². The van der Waals surface area contributed by atoms with Crippen molar-refractivity contribution in [2.75, 3.05) is 25.0 Å². The van der Waals surface area contributed by atoms with E-state index in [9.17, 15) is 25.2 Å². The van der Waals surface area contributed by atoms with Crippen LogP contribution < -0.4 is 16.4 Å². The number of hydrogen-bond donors (Lipinski definition) is 8. The molecule has 0 aromatic carbocycles. The van der Waals surface area contributed by atoms with Crippen LogP contribution in [0.25, 0.3) is 11.2 Å². The molecule has 14 heteroatoms. The van der Waals surface area contributed by atoms with Crippen molar-refractivity contribution in [2.24, 2.45) is 5.73 Å². The van der Waals surface area contributed by atoms with Crippen LogP contribution in [0.5, 0.6) is 0 Å². The summed E-state index contributed by atoms with van der Waals surface area (Å²) in [6, 6.07) is -0.989. The molecule has 3 heterocycles. The Balaban J connectivity index is 1.64. The van der Waals surface area contributed by atoms with Crippen LogP contribution in [0.2, 0.25) is 0 Å². The fourth-order valence-electron chi connectivity index (χ4n) is 3.09. The van der Waals surface area contributed by atoms with Crippen LogP contribution in [0.15, 0.2) is 23.5 Å². The Hall–Kier alpha value is -2.33. The maximum atomic E-state index is 11.7. The zero-order valence-corrected chi connectivity index (χ0v) is 18.1. The number of aliphatic hydroxyl groups excluding tert-OH is 4. The van der Waals surface area contributed by atoms with E-state index in [0.717, 1.165) is 0 Å². The molecule has 3 rings (SSSR count). The second-order valence-corrected chi connectivity index (χ2v) is 7.71. The van der Waals surface area contributed by atoms with Gasteiger partial charge in [0.25, 0.3) is 0 Å². The van der Waals surface area contributed by atoms with Crippen LogP contribution in [0.3, 0.4) is 0 Å². The molecule has 1 fully saturated rings. The Morgan fingerprint density at radius 3 is 2.72 bits per heavy atom. The first-order valence-corrected chi connectivity index (χ1v) is 10.4. The molecule has 2 aromatic rings. The summed E-state index contributed by atoms with van der Waals surface area (Å²) in [4.78, 5) is 24.5. The molecule has 1 saturated heterocycles. The van der Waals surface area contributed by atoms with Gasteiger partial charge in [0.1, 0.15) is 34.9 Å². The first kappa shape index (κ1) is 24.3. The van der Waals surface area contributed by atoms with E-state index >= 15 is 0 Å². The zero-order chi connectivity index (χ0) is 23.4. The van der Waals surface area contributed by atoms with E-state index in [1.165, 1.54) is 17.8 Å². The average Bonchev–Trinajstić information content (AvgIpc) is 3.31. The van der Waals surface area contributed by atoms with Gasteiger partial charge in [0.05, 0.1) is 19.0 Å². The van der Waals surface area contributed by atoms with E-state index in [1.807, 2.05) is 0 Å². The Kier molecular flexibility index (Phi) is 8.00. The highest BCUT2D eigenvalue weighted by Crippen LogP contribution is 2.32. The normalized spacial score (nSPS) is 25.3. The zero-order valence-electron chi connectivity index (χ0n) is 17.2. The molecule has 2 aromatic heterocycles. The molecule has 0 radical (unpaired) electrons. The molecule has 176 valence electrons. The largest absolute Gasteiger partial charge is 0.394 e. The number of amides is 1. The molecule has 32 heavy (non-hydrogen) atoms. The minimum Gasteiger partial charge on any atom is -0.394 e. The maximum absolute atomic E-state index is 11.7. The lowest BCUT2D eigenvalue weighted by molar-refractivity contribution is -0.124. The maximum Gasteiger partial charge on any atom is 0.239 e. The molecule has 4 unspecified atom stereocenters. The summed E-state index contributed by atoms with van der Waals surface area (Å²) >= 11 is 4.33. The van der Waals surface area contributed by atoms with Crippen molar-refractivity contribution in [3.8, 4) is 0 Å². The highest BCUT2D eigenvalue weighted by molar-refractivity contribution is 7.80. The predicted molar refractivity (Wildman–Crippen MR) is 116 cm³/mol. The number of nitrogens with two attached hydrogens (primary N) is 1. The van der Waals surface area contributed by atoms with Crippen LogP contribution in [0, 0.1) is 0 Å². The van der Waals surface area contributed by atoms with Crippen LogP contribution in [0.1, 0.15) is 13.2 Å². The number of nitrogens with one attached hydrogen (secondary N) is 2. The summed E-state index contributed by atoms with van der Waals surface area (Å²) in [6.45, 7) is 1.56. The Bertz CT molecular complexity index is 971. The molecule has 1 aliphatic heterocycles. The van der Waals surface area contributed by atoms with Gasteiger partial charge in [0.2, 0.25) is 11.9 Å². The molecule has 1 aliphatic rings. The van der Waals surface area contributed by atoms with Gasteiger partial charge in [-0.3, -0.25) is 9.36 Å². The summed E-state index contributed by atoms with van der Waals surface area (Å²) in [7, 11) is 0. The van der Waals surface area contributed by atoms with Gasteiger partial charge in [-0.15, -0.1) is 12.6 Å². The summed E-state index contributed by atoms with van der Waals surface area (Å²) in [5, 5.41) is 44.7. The summed E-state index contributed by atoms with van der Waals surface area (Å²) in [5.41, 5.74) is 6.24. The first-order valence-electron chi connectivity index (χ1n) is 9.90. The van der Waals surface area contributed by atoms with Gasteiger partial charge in [-0.2, -0.15) is 4.98 Å². The SMILES string of the molecule is CC(O)C(N)C(=O)NC/C=C/CNc1nc(S)c2ncn(C3O[C@H](CO)[C@H](O)C3O)c2n1. The summed E-state index contributed by atoms with van der Waals surface area (Å²) in [6.07, 6.45) is -0.555. The van der Waals surface area contributed by atoms with Crippen molar-refractivity contribution >= 4 is 35.6 Å². The number of carbonyl (C=O) groups is 1. The number of hydrogen-bond acceptors (Lipinski definition) is 12. The number of ether oxygens (including phenoxy) is 1. The topological polar surface area (TPSA) is 201 Å². The monoisotopic (exact) mass is 469 g/mol. The second kappa shape index (κ2) is 10.5. The van der Waals surface area contributed by atoms with Gasteiger partial charge in [-0.1, -0.05) is 12.2 Å². The molecular formula is C18H27N7O6S. The number of imidazole rings is 1. The molecule has 8 N–H and O–H groups in total. The van der Waals surface area contributed by atoms with E-state index in [1.54, 1.807) is 12.2 Å². The predicted octanol–water partition coefficient (Wildman–Crippen LogP) is -2.48. The number of carbonyl (C=O) groups excluding carboxylic acids is 1. The van der Waals surface area contributed by atoms with Crippen molar-refractivity contribution in [2.45, 2.75) is 48.6 Å². The Morgan fingerprint density at radius 2 is 2.06 bits per heavy atom. The van der Waals surface area contributed by atoms with Crippen molar-refractivity contribution in [3.05, 3.63) is 18.5 Å². The lowest BCUT2D eigenvalue weighted by Gasteiger charge is -2.16. The van der Waals surface area contributed by atoms with Crippen LogP contribution in [-0.4, -0.2) is 96.0 Å². The van der Waals surface area contributed by atoms with Gasteiger partial charge >= 0.3 is 0 Å². The summed E-state index contributed by atoms with van der Waals surface area (Å²) < 4.78 is 6.99. The lowest BCUT2D eigenvalue weighted by Crippen LogP contribution is -2.47. The van der Waals surface area contributed by atoms with Gasteiger partial charge in [-0.25, -0.2) is 9.97 Å². The molecule has 0 aliphatic carbocycles. The molecule has 0 spiro atoms. The van der Waals surface area contributed by atoms with Crippen molar-refractivity contribution < 1.29 is 30.0 Å². The fourth-order valence-corrected chi connectivity index (χ4v) is 3.34. The van der Waals surface area contributed by atoms with Crippen LogP contribution >= 0.6 is 12.6 Å². The molecular weight excluding hydrogens is 442 g/mol. The van der Waals surface area contributed by atoms with Crippen molar-refractivity contribution in [1.29, 1.82) is 0 Å². The quantitative estimate of drug-likeness (QED) is 0.110. The number of aromatic nitrogens is 4. The number of fused-ring (bicyclic) bond motifs is 1. The number of anilines is 1. The Labute approximate surface area is 188 Å². The standard InChI is InChI=1S/C18H27N7O6S/c1-8(27)10(19)15(30)20-4-2-3-5-21-18-23-14-11(16(32)24-18)22-7-25(14)17-13(29)12(28)9(6-26)31-17/h2-3,7-10,12-13,17,26-29H,4-6,19H2,1H3,(H,20,30)(H2,21,23,24,32)/b3-2+/t8?,9-,10?,12+,13?,17?/m1/s1. The number of aliphatic hydroxyl groups is 4. The van der Waals surface area contributed by atoms with E-state index in [4.69, 9.17) is 10.5 Å². The molecule has 13 nitrogen and oxygen atoms in total. The third-order valence-electron chi connectivity index (χ3n) is 4.96. The molecule has 0 saturated carbocycles. The van der Waals surface area contributed by atoms with Crippen molar-refractivity contribution in [3.63, 3.8) is 0 Å². The second-order valence-electron chi connectivity index (χ2n) is 7.29. The van der Waals surface area contributed by atoms with Gasteiger partial charge in [-0.05, 0) is 6.92 Å². The minimum atomic E-state index is -1.28. The van der Waals surface area contributed by atoms with Crippen LogP contribution in [-0.2, 0) is 9.53 Å². The smallest absolute Gasteiger partial charge is 0.239 e. The lowest BCUT2D eigenvalue weighted by atomic mass is 10.1. The van der Waals surface area contributed by atoms with E-state index < -0.39 is 49.2 Å². The number of rotatable bonds is 9. The average molecular weight is 470 g/mol. The van der Waals surface area contributed by atoms with Crippen molar-refractivity contribution in [1.82, 2.24) is 24.8 Å². The third-order valence-corrected chi connectivity index (χ3v) is 5.27. The Morgan fingerprint density at radius 1 is 1.34 bits per heavy atom. The molecule has 0 bridgehead atoms. The highest BCUT2D eigenvalue weighted by atomic mass is 32.1. The highest BCUT2D eigenvalue weighted by Gasteiger charge is 2.44. The van der Waals surface area contributed by atoms with Gasteiger partial charge in [0, 0.05) is 13.1 Å². The fraction of sp³-hybridized carbons (Fsp3) is 0.556.